The van der Waals surface area contributed by atoms with Gasteiger partial charge in [0, 0.05) is 18.8 Å². The van der Waals surface area contributed by atoms with E-state index in [2.05, 4.69) is 24.1 Å². The summed E-state index contributed by atoms with van der Waals surface area (Å²) in [5.74, 6) is 0. The van der Waals surface area contributed by atoms with E-state index in [-0.39, 0.29) is 0 Å². The van der Waals surface area contributed by atoms with Crippen LogP contribution >= 0.6 is 12.2 Å². The monoisotopic (exact) mass is 248 g/mol. The van der Waals surface area contributed by atoms with Crippen LogP contribution in [0.2, 0.25) is 0 Å². The second-order valence-corrected chi connectivity index (χ2v) is 5.87. The van der Waals surface area contributed by atoms with Crippen molar-refractivity contribution >= 4 is 23.0 Å². The summed E-state index contributed by atoms with van der Waals surface area (Å²) in [6.45, 7) is 6.74. The minimum atomic E-state index is 0.376. The Hall–Kier alpha value is -1.09. The number of piperidine rings is 1. The van der Waals surface area contributed by atoms with Crippen molar-refractivity contribution in [2.75, 3.05) is 18.4 Å². The average Bonchev–Trinajstić information content (AvgIpc) is 2.29. The van der Waals surface area contributed by atoms with Crippen LogP contribution < -0.4 is 5.32 Å². The fraction of sp³-hybridized carbons (Fsp3) is 0.500. The van der Waals surface area contributed by atoms with Crippen LogP contribution in [0, 0.1) is 5.41 Å². The summed E-state index contributed by atoms with van der Waals surface area (Å²) in [6, 6.07) is 10.1. The predicted octanol–water partition coefficient (Wildman–Crippen LogP) is 3.51. The van der Waals surface area contributed by atoms with Crippen LogP contribution in [0.15, 0.2) is 30.3 Å². The van der Waals surface area contributed by atoms with Crippen molar-refractivity contribution < 1.29 is 0 Å². The fourth-order valence-corrected chi connectivity index (χ4v) is 2.59. The van der Waals surface area contributed by atoms with E-state index in [1.807, 2.05) is 30.3 Å². The first-order valence-electron chi connectivity index (χ1n) is 6.18. The molecule has 1 aliphatic rings. The number of hydrogen-bond acceptors (Lipinski definition) is 1. The van der Waals surface area contributed by atoms with Crippen LogP contribution in [0.1, 0.15) is 26.7 Å². The Morgan fingerprint density at radius 1 is 1.29 bits per heavy atom. The first-order chi connectivity index (χ1) is 8.07. The highest BCUT2D eigenvalue weighted by Crippen LogP contribution is 2.28. The van der Waals surface area contributed by atoms with Gasteiger partial charge in [0.15, 0.2) is 5.11 Å². The highest BCUT2D eigenvalue weighted by atomic mass is 32.1. The third kappa shape index (κ3) is 3.43. The predicted molar refractivity (Wildman–Crippen MR) is 77.3 cm³/mol. The minimum absolute atomic E-state index is 0.376. The Kier molecular flexibility index (Phi) is 3.67. The van der Waals surface area contributed by atoms with Gasteiger partial charge in [-0.05, 0) is 42.6 Å². The number of rotatable bonds is 1. The molecule has 3 heteroatoms. The lowest BCUT2D eigenvalue weighted by Gasteiger charge is -2.39. The van der Waals surface area contributed by atoms with Gasteiger partial charge in [-0.15, -0.1) is 0 Å². The minimum Gasteiger partial charge on any atom is -0.348 e. The Morgan fingerprint density at radius 2 is 2.00 bits per heavy atom. The van der Waals surface area contributed by atoms with Crippen molar-refractivity contribution in [1.29, 1.82) is 0 Å². The fourth-order valence-electron chi connectivity index (χ4n) is 2.32. The van der Waals surface area contributed by atoms with Crippen molar-refractivity contribution in [3.05, 3.63) is 30.3 Å². The van der Waals surface area contributed by atoms with Crippen LogP contribution in [0.5, 0.6) is 0 Å². The molecule has 2 nitrogen and oxygen atoms in total. The van der Waals surface area contributed by atoms with Gasteiger partial charge in [0.25, 0.3) is 0 Å². The molecule has 1 aromatic rings. The molecule has 0 saturated carbocycles. The SMILES string of the molecule is CC1(C)CCCN(C(=S)Nc2ccccc2)C1. The largest absolute Gasteiger partial charge is 0.348 e. The first-order valence-corrected chi connectivity index (χ1v) is 6.59. The maximum Gasteiger partial charge on any atom is 0.173 e. The van der Waals surface area contributed by atoms with Crippen molar-refractivity contribution in [1.82, 2.24) is 4.90 Å². The molecule has 1 fully saturated rings. The van der Waals surface area contributed by atoms with E-state index in [9.17, 15) is 0 Å². The van der Waals surface area contributed by atoms with Gasteiger partial charge in [-0.1, -0.05) is 32.0 Å². The lowest BCUT2D eigenvalue weighted by atomic mass is 9.84. The van der Waals surface area contributed by atoms with Gasteiger partial charge >= 0.3 is 0 Å². The summed E-state index contributed by atoms with van der Waals surface area (Å²) >= 11 is 5.47. The molecular formula is C14H20N2S. The summed E-state index contributed by atoms with van der Waals surface area (Å²) in [5, 5.41) is 4.16. The number of benzene rings is 1. The maximum atomic E-state index is 5.47. The van der Waals surface area contributed by atoms with E-state index in [0.29, 0.717) is 5.41 Å². The second-order valence-electron chi connectivity index (χ2n) is 5.49. The van der Waals surface area contributed by atoms with Gasteiger partial charge in [-0.2, -0.15) is 0 Å². The molecule has 0 aliphatic carbocycles. The maximum absolute atomic E-state index is 5.47. The smallest absolute Gasteiger partial charge is 0.173 e. The molecule has 0 amide bonds. The van der Waals surface area contributed by atoms with Gasteiger partial charge in [0.2, 0.25) is 0 Å². The van der Waals surface area contributed by atoms with Gasteiger partial charge in [0.05, 0.1) is 0 Å². The molecule has 0 spiro atoms. The van der Waals surface area contributed by atoms with E-state index in [4.69, 9.17) is 12.2 Å². The van der Waals surface area contributed by atoms with Gasteiger partial charge in [0.1, 0.15) is 0 Å². The molecule has 1 aliphatic heterocycles. The molecule has 17 heavy (non-hydrogen) atoms. The van der Waals surface area contributed by atoms with E-state index in [0.717, 1.165) is 23.9 Å². The number of anilines is 1. The quantitative estimate of drug-likeness (QED) is 0.766. The lowest BCUT2D eigenvalue weighted by molar-refractivity contribution is 0.181. The molecule has 1 N–H and O–H groups in total. The Morgan fingerprint density at radius 3 is 2.65 bits per heavy atom. The average molecular weight is 248 g/mol. The lowest BCUT2D eigenvalue weighted by Crippen LogP contribution is -2.45. The number of para-hydroxylation sites is 1. The molecule has 0 unspecified atom stereocenters. The third-order valence-electron chi connectivity index (χ3n) is 3.21. The summed E-state index contributed by atoms with van der Waals surface area (Å²) < 4.78 is 0. The van der Waals surface area contributed by atoms with Gasteiger partial charge in [-0.25, -0.2) is 0 Å². The third-order valence-corrected chi connectivity index (χ3v) is 3.57. The molecule has 0 aromatic heterocycles. The summed E-state index contributed by atoms with van der Waals surface area (Å²) in [4.78, 5) is 2.28. The topological polar surface area (TPSA) is 15.3 Å². The molecule has 2 rings (SSSR count). The summed E-state index contributed by atoms with van der Waals surface area (Å²) in [5.41, 5.74) is 1.45. The van der Waals surface area contributed by atoms with E-state index in [1.54, 1.807) is 0 Å². The van der Waals surface area contributed by atoms with Crippen LogP contribution in [0.25, 0.3) is 0 Å². The van der Waals surface area contributed by atoms with Crippen molar-refractivity contribution in [2.45, 2.75) is 26.7 Å². The van der Waals surface area contributed by atoms with Crippen molar-refractivity contribution in [3.63, 3.8) is 0 Å². The normalized spacial score (nSPS) is 18.8. The van der Waals surface area contributed by atoms with Crippen LogP contribution in [-0.4, -0.2) is 23.1 Å². The number of likely N-dealkylation sites (tertiary alicyclic amines) is 1. The second kappa shape index (κ2) is 5.05. The summed E-state index contributed by atoms with van der Waals surface area (Å²) in [7, 11) is 0. The highest BCUT2D eigenvalue weighted by molar-refractivity contribution is 7.80. The molecule has 1 saturated heterocycles. The molecule has 0 radical (unpaired) electrons. The zero-order valence-corrected chi connectivity index (χ0v) is 11.4. The van der Waals surface area contributed by atoms with E-state index < -0.39 is 0 Å². The van der Waals surface area contributed by atoms with E-state index >= 15 is 0 Å². The standard InChI is InChI=1S/C14H20N2S/c1-14(2)9-6-10-16(11-14)13(17)15-12-7-4-3-5-8-12/h3-5,7-8H,6,9-11H2,1-2H3,(H,15,17). The van der Waals surface area contributed by atoms with Crippen LogP contribution in [0.4, 0.5) is 5.69 Å². The molecule has 0 atom stereocenters. The van der Waals surface area contributed by atoms with Crippen molar-refractivity contribution in [3.8, 4) is 0 Å². The Balaban J connectivity index is 1.96. The van der Waals surface area contributed by atoms with Gasteiger partial charge in [-0.3, -0.25) is 0 Å². The summed E-state index contributed by atoms with van der Waals surface area (Å²) in [6.07, 6.45) is 2.51. The molecular weight excluding hydrogens is 228 g/mol. The molecule has 92 valence electrons. The van der Waals surface area contributed by atoms with E-state index in [1.165, 1.54) is 12.8 Å². The molecule has 0 bridgehead atoms. The first kappa shape index (κ1) is 12.4. The zero-order valence-electron chi connectivity index (χ0n) is 10.6. The van der Waals surface area contributed by atoms with Crippen LogP contribution in [-0.2, 0) is 0 Å². The number of hydrogen-bond donors (Lipinski definition) is 1. The van der Waals surface area contributed by atoms with Crippen LogP contribution in [0.3, 0.4) is 0 Å². The Labute approximate surface area is 109 Å². The number of nitrogens with one attached hydrogen (secondary N) is 1. The number of nitrogens with zero attached hydrogens (tertiary/aromatic N) is 1. The highest BCUT2D eigenvalue weighted by Gasteiger charge is 2.27. The Bertz CT molecular complexity index is 386. The number of thiocarbonyl (C=S) groups is 1. The van der Waals surface area contributed by atoms with Crippen molar-refractivity contribution in [2.24, 2.45) is 5.41 Å². The van der Waals surface area contributed by atoms with Gasteiger partial charge < -0.3 is 10.2 Å². The molecule has 1 aromatic carbocycles. The zero-order chi connectivity index (χ0) is 12.3. The molecule has 1 heterocycles.